The summed E-state index contributed by atoms with van der Waals surface area (Å²) in [6, 6.07) is 12.7. The Bertz CT molecular complexity index is 798. The summed E-state index contributed by atoms with van der Waals surface area (Å²) < 4.78 is 16.6. The largest absolute Gasteiger partial charge is 0.491 e. The summed E-state index contributed by atoms with van der Waals surface area (Å²) in [6.07, 6.45) is 1.58. The highest BCUT2D eigenvalue weighted by atomic mass is 16.6. The number of nitro groups is 1. The van der Waals surface area contributed by atoms with Gasteiger partial charge in [-0.2, -0.15) is 0 Å². The maximum absolute atomic E-state index is 12.3. The van der Waals surface area contributed by atoms with E-state index >= 15 is 0 Å². The molecule has 0 radical (unpaired) electrons. The number of esters is 1. The van der Waals surface area contributed by atoms with Gasteiger partial charge in [0.1, 0.15) is 18.5 Å². The van der Waals surface area contributed by atoms with E-state index in [1.54, 1.807) is 43.3 Å². The molecule has 1 saturated heterocycles. The highest BCUT2D eigenvalue weighted by molar-refractivity contribution is 5.89. The molecule has 1 aliphatic heterocycles. The van der Waals surface area contributed by atoms with Crippen molar-refractivity contribution >= 4 is 11.7 Å². The minimum Gasteiger partial charge on any atom is -0.491 e. The first-order valence-corrected chi connectivity index (χ1v) is 8.83. The molecule has 27 heavy (non-hydrogen) atoms. The van der Waals surface area contributed by atoms with Gasteiger partial charge in [0.2, 0.25) is 0 Å². The summed E-state index contributed by atoms with van der Waals surface area (Å²) in [5.74, 6) is 0.161. The first kappa shape index (κ1) is 18.8. The Hall–Kier alpha value is -2.93. The van der Waals surface area contributed by atoms with E-state index in [0.717, 1.165) is 19.4 Å². The van der Waals surface area contributed by atoms with Gasteiger partial charge in [-0.3, -0.25) is 10.1 Å². The molecule has 0 aromatic heterocycles. The first-order chi connectivity index (χ1) is 13.0. The van der Waals surface area contributed by atoms with Crippen LogP contribution in [0.1, 0.15) is 41.8 Å². The van der Waals surface area contributed by atoms with Gasteiger partial charge in [-0.05, 0) is 49.6 Å². The zero-order valence-corrected chi connectivity index (χ0v) is 15.0. The molecule has 7 heteroatoms. The van der Waals surface area contributed by atoms with Crippen LogP contribution >= 0.6 is 0 Å². The topological polar surface area (TPSA) is 87.9 Å². The van der Waals surface area contributed by atoms with E-state index in [-0.39, 0.29) is 11.8 Å². The molecule has 0 aliphatic carbocycles. The second kappa shape index (κ2) is 8.64. The van der Waals surface area contributed by atoms with Crippen molar-refractivity contribution in [2.45, 2.75) is 32.0 Å². The van der Waals surface area contributed by atoms with Crippen molar-refractivity contribution in [2.24, 2.45) is 0 Å². The summed E-state index contributed by atoms with van der Waals surface area (Å²) in [4.78, 5) is 22.7. The number of nitro benzene ring substituents is 1. The molecule has 2 atom stereocenters. The standard InChI is InChI=1S/C20H21NO6/c1-14(16-4-2-5-17(12-16)21(23)24)27-20(22)15-7-9-18(10-8-15)26-13-19-6-3-11-25-19/h2,4-5,7-10,12,14,19H,3,6,11,13H2,1H3. The van der Waals surface area contributed by atoms with E-state index in [0.29, 0.717) is 23.5 Å². The lowest BCUT2D eigenvalue weighted by atomic mass is 10.1. The zero-order valence-electron chi connectivity index (χ0n) is 15.0. The Kier molecular flexibility index (Phi) is 6.03. The van der Waals surface area contributed by atoms with E-state index in [1.165, 1.54) is 12.1 Å². The van der Waals surface area contributed by atoms with Crippen LogP contribution in [0.3, 0.4) is 0 Å². The van der Waals surface area contributed by atoms with Gasteiger partial charge in [-0.1, -0.05) is 12.1 Å². The van der Waals surface area contributed by atoms with Crippen LogP contribution in [0.15, 0.2) is 48.5 Å². The number of carbonyl (C=O) groups excluding carboxylic acids is 1. The third kappa shape index (κ3) is 5.04. The van der Waals surface area contributed by atoms with Crippen molar-refractivity contribution in [3.8, 4) is 5.75 Å². The minimum absolute atomic E-state index is 0.0388. The predicted octanol–water partition coefficient (Wildman–Crippen LogP) is 4.07. The highest BCUT2D eigenvalue weighted by Gasteiger charge is 2.18. The number of hydrogen-bond donors (Lipinski definition) is 0. The van der Waals surface area contributed by atoms with Gasteiger partial charge in [0.15, 0.2) is 0 Å². The summed E-state index contributed by atoms with van der Waals surface area (Å²) >= 11 is 0. The van der Waals surface area contributed by atoms with Crippen LogP contribution in [0.5, 0.6) is 5.75 Å². The molecule has 7 nitrogen and oxygen atoms in total. The van der Waals surface area contributed by atoms with E-state index in [4.69, 9.17) is 14.2 Å². The average molecular weight is 371 g/mol. The lowest BCUT2D eigenvalue weighted by molar-refractivity contribution is -0.385. The molecule has 0 saturated carbocycles. The molecule has 0 amide bonds. The fourth-order valence-electron chi connectivity index (χ4n) is 2.84. The lowest BCUT2D eigenvalue weighted by Gasteiger charge is -2.14. The predicted molar refractivity (Wildman–Crippen MR) is 97.8 cm³/mol. The Morgan fingerprint density at radius 3 is 2.74 bits per heavy atom. The molecule has 0 N–H and O–H groups in total. The van der Waals surface area contributed by atoms with Gasteiger partial charge >= 0.3 is 5.97 Å². The second-order valence-corrected chi connectivity index (χ2v) is 6.37. The maximum Gasteiger partial charge on any atom is 0.338 e. The Balaban J connectivity index is 1.57. The van der Waals surface area contributed by atoms with Crippen LogP contribution < -0.4 is 4.74 Å². The molecule has 1 fully saturated rings. The monoisotopic (exact) mass is 371 g/mol. The third-order valence-corrected chi connectivity index (χ3v) is 4.38. The Morgan fingerprint density at radius 1 is 1.30 bits per heavy atom. The molecule has 0 spiro atoms. The van der Waals surface area contributed by atoms with Crippen LogP contribution in [0.2, 0.25) is 0 Å². The quantitative estimate of drug-likeness (QED) is 0.414. The molecule has 1 aliphatic rings. The Morgan fingerprint density at radius 2 is 2.07 bits per heavy atom. The molecular weight excluding hydrogens is 350 g/mol. The van der Waals surface area contributed by atoms with Crippen molar-refractivity contribution in [3.05, 3.63) is 69.8 Å². The number of rotatable bonds is 7. The van der Waals surface area contributed by atoms with E-state index < -0.39 is 17.0 Å². The molecule has 3 rings (SSSR count). The number of non-ortho nitro benzene ring substituents is 1. The van der Waals surface area contributed by atoms with Crippen molar-refractivity contribution in [2.75, 3.05) is 13.2 Å². The summed E-state index contributed by atoms with van der Waals surface area (Å²) in [7, 11) is 0. The van der Waals surface area contributed by atoms with Crippen molar-refractivity contribution < 1.29 is 23.9 Å². The van der Waals surface area contributed by atoms with E-state index in [9.17, 15) is 14.9 Å². The summed E-state index contributed by atoms with van der Waals surface area (Å²) in [5.41, 5.74) is 0.911. The number of hydrogen-bond acceptors (Lipinski definition) is 6. The molecule has 142 valence electrons. The molecule has 0 bridgehead atoms. The molecular formula is C20H21NO6. The smallest absolute Gasteiger partial charge is 0.338 e. The zero-order chi connectivity index (χ0) is 19.2. The van der Waals surface area contributed by atoms with Crippen LogP contribution in [-0.4, -0.2) is 30.2 Å². The molecule has 2 aromatic rings. The SMILES string of the molecule is CC(OC(=O)c1ccc(OCC2CCCO2)cc1)c1cccc([N+](=O)[O-])c1. The first-order valence-electron chi connectivity index (χ1n) is 8.83. The number of carbonyl (C=O) groups is 1. The van der Waals surface area contributed by atoms with E-state index in [1.807, 2.05) is 0 Å². The number of ether oxygens (including phenoxy) is 3. The van der Waals surface area contributed by atoms with Crippen molar-refractivity contribution in [3.63, 3.8) is 0 Å². The molecule has 2 unspecified atom stereocenters. The summed E-state index contributed by atoms with van der Waals surface area (Å²) in [5, 5.41) is 10.9. The van der Waals surface area contributed by atoms with Gasteiger partial charge in [0.05, 0.1) is 16.6 Å². The van der Waals surface area contributed by atoms with Gasteiger partial charge in [-0.15, -0.1) is 0 Å². The fraction of sp³-hybridized carbons (Fsp3) is 0.350. The van der Waals surface area contributed by atoms with Crippen LogP contribution in [0.25, 0.3) is 0 Å². The highest BCUT2D eigenvalue weighted by Crippen LogP contribution is 2.23. The Labute approximate surface area is 157 Å². The van der Waals surface area contributed by atoms with Gasteiger partial charge in [-0.25, -0.2) is 4.79 Å². The van der Waals surface area contributed by atoms with Gasteiger partial charge < -0.3 is 14.2 Å². The number of nitrogens with zero attached hydrogens (tertiary/aromatic N) is 1. The maximum atomic E-state index is 12.3. The molecule has 2 aromatic carbocycles. The minimum atomic E-state index is -0.604. The van der Waals surface area contributed by atoms with Crippen LogP contribution in [0, 0.1) is 10.1 Å². The van der Waals surface area contributed by atoms with Gasteiger partial charge in [0.25, 0.3) is 5.69 Å². The summed E-state index contributed by atoms with van der Waals surface area (Å²) in [6.45, 7) is 2.95. The third-order valence-electron chi connectivity index (χ3n) is 4.38. The molecule has 1 heterocycles. The van der Waals surface area contributed by atoms with Crippen LogP contribution in [0.4, 0.5) is 5.69 Å². The lowest BCUT2D eigenvalue weighted by Crippen LogP contribution is -2.16. The van der Waals surface area contributed by atoms with Gasteiger partial charge in [0, 0.05) is 18.7 Å². The second-order valence-electron chi connectivity index (χ2n) is 6.37. The van der Waals surface area contributed by atoms with Crippen molar-refractivity contribution in [1.29, 1.82) is 0 Å². The number of benzene rings is 2. The van der Waals surface area contributed by atoms with Crippen LogP contribution in [-0.2, 0) is 9.47 Å². The van der Waals surface area contributed by atoms with E-state index in [2.05, 4.69) is 0 Å². The normalized spacial score (nSPS) is 17.3. The van der Waals surface area contributed by atoms with Crippen molar-refractivity contribution in [1.82, 2.24) is 0 Å². The average Bonchev–Trinajstić information content (AvgIpc) is 3.20. The fourth-order valence-corrected chi connectivity index (χ4v) is 2.84.